The van der Waals surface area contributed by atoms with Gasteiger partial charge in [-0.1, -0.05) is 30.3 Å². The van der Waals surface area contributed by atoms with E-state index < -0.39 is 0 Å². The number of nitrogens with two attached hydrogens (primary N) is 1. The van der Waals surface area contributed by atoms with Crippen LogP contribution in [0, 0.1) is 5.82 Å². The first kappa shape index (κ1) is 14.7. The highest BCUT2D eigenvalue weighted by atomic mass is 19.1. The van der Waals surface area contributed by atoms with E-state index in [4.69, 9.17) is 10.5 Å². The van der Waals surface area contributed by atoms with Crippen LogP contribution < -0.4 is 10.5 Å². The molecule has 0 radical (unpaired) electrons. The maximum atomic E-state index is 14.5. The molecule has 1 saturated carbocycles. The van der Waals surface area contributed by atoms with Gasteiger partial charge in [-0.25, -0.2) is 4.39 Å². The van der Waals surface area contributed by atoms with Crippen molar-refractivity contribution in [3.05, 3.63) is 65.0 Å². The molecule has 1 aliphatic carbocycles. The largest absolute Gasteiger partial charge is 0.497 e. The summed E-state index contributed by atoms with van der Waals surface area (Å²) in [5.74, 6) is 0.371. The number of hydrogen-bond acceptors (Lipinski definition) is 3. The molecule has 0 amide bonds. The number of fused-ring (bicyclic) bond motifs is 1. The van der Waals surface area contributed by atoms with E-state index in [1.165, 1.54) is 11.6 Å². The summed E-state index contributed by atoms with van der Waals surface area (Å²) in [6, 6.07) is 14.0. The van der Waals surface area contributed by atoms with E-state index in [1.54, 1.807) is 7.11 Å². The van der Waals surface area contributed by atoms with Crippen LogP contribution in [0.2, 0.25) is 0 Å². The molecule has 1 heterocycles. The first-order valence-corrected chi connectivity index (χ1v) is 8.08. The zero-order valence-corrected chi connectivity index (χ0v) is 13.3. The van der Waals surface area contributed by atoms with E-state index in [-0.39, 0.29) is 17.4 Å². The summed E-state index contributed by atoms with van der Waals surface area (Å²) in [4.78, 5) is 2.38. The number of benzene rings is 2. The zero-order chi connectivity index (χ0) is 16.0. The Balaban J connectivity index is 1.76. The average Bonchev–Trinajstić information content (AvgIpc) is 3.31. The molecule has 0 spiro atoms. The van der Waals surface area contributed by atoms with E-state index in [1.807, 2.05) is 12.1 Å². The van der Waals surface area contributed by atoms with Crippen molar-refractivity contribution in [1.29, 1.82) is 0 Å². The molecule has 1 atom stereocenters. The van der Waals surface area contributed by atoms with Gasteiger partial charge in [0, 0.05) is 36.3 Å². The normalized spacial score (nSPS) is 22.0. The van der Waals surface area contributed by atoms with E-state index in [2.05, 4.69) is 29.2 Å². The Labute approximate surface area is 135 Å². The summed E-state index contributed by atoms with van der Waals surface area (Å²) in [6.07, 6.45) is 2.19. The topological polar surface area (TPSA) is 38.5 Å². The standard InChI is InChI=1S/C19H21FN2O/c1-23-14-9-15-16(17(20)10-14)12-22(18(15)11-21)19(7-8-19)13-5-3-2-4-6-13/h2-6,9-10,18H,7-8,11-12,21H2,1H3. The smallest absolute Gasteiger partial charge is 0.131 e. The molecule has 4 rings (SSSR count). The Bertz CT molecular complexity index is 728. The molecule has 0 aromatic heterocycles. The van der Waals surface area contributed by atoms with Crippen molar-refractivity contribution < 1.29 is 9.13 Å². The van der Waals surface area contributed by atoms with Crippen LogP contribution in [-0.4, -0.2) is 18.6 Å². The van der Waals surface area contributed by atoms with Gasteiger partial charge in [0.05, 0.1) is 7.11 Å². The number of methoxy groups -OCH3 is 1. The third kappa shape index (κ3) is 2.17. The lowest BCUT2D eigenvalue weighted by Crippen LogP contribution is -2.37. The lowest BCUT2D eigenvalue weighted by molar-refractivity contribution is 0.129. The van der Waals surface area contributed by atoms with Gasteiger partial charge < -0.3 is 10.5 Å². The van der Waals surface area contributed by atoms with Gasteiger partial charge in [-0.15, -0.1) is 0 Å². The first-order chi connectivity index (χ1) is 11.2. The number of ether oxygens (including phenoxy) is 1. The Morgan fingerprint density at radius 2 is 2.00 bits per heavy atom. The predicted octanol–water partition coefficient (Wildman–Crippen LogP) is 3.34. The van der Waals surface area contributed by atoms with E-state index in [0.29, 0.717) is 18.8 Å². The second-order valence-corrected chi connectivity index (χ2v) is 6.45. The van der Waals surface area contributed by atoms with Crippen molar-refractivity contribution in [2.24, 2.45) is 5.73 Å². The molecule has 2 aliphatic rings. The van der Waals surface area contributed by atoms with Gasteiger partial charge in [0.1, 0.15) is 11.6 Å². The predicted molar refractivity (Wildman–Crippen MR) is 87.6 cm³/mol. The highest BCUT2D eigenvalue weighted by molar-refractivity contribution is 5.44. The lowest BCUT2D eigenvalue weighted by atomic mass is 10.00. The Morgan fingerprint density at radius 3 is 2.61 bits per heavy atom. The van der Waals surface area contributed by atoms with Crippen LogP contribution in [0.5, 0.6) is 5.75 Å². The summed E-state index contributed by atoms with van der Waals surface area (Å²) >= 11 is 0. The van der Waals surface area contributed by atoms with Gasteiger partial charge in [0.2, 0.25) is 0 Å². The minimum atomic E-state index is -0.191. The number of halogens is 1. The van der Waals surface area contributed by atoms with Crippen molar-refractivity contribution in [3.8, 4) is 5.75 Å². The van der Waals surface area contributed by atoms with Crippen LogP contribution in [0.3, 0.4) is 0 Å². The van der Waals surface area contributed by atoms with Gasteiger partial charge in [0.25, 0.3) is 0 Å². The van der Waals surface area contributed by atoms with Gasteiger partial charge in [-0.3, -0.25) is 4.90 Å². The maximum Gasteiger partial charge on any atom is 0.131 e. The molecule has 2 aromatic rings. The second-order valence-electron chi connectivity index (χ2n) is 6.45. The molecule has 0 saturated heterocycles. The highest BCUT2D eigenvalue weighted by Crippen LogP contribution is 2.57. The molecule has 23 heavy (non-hydrogen) atoms. The SMILES string of the molecule is COc1cc(F)c2c(c1)C(CN)N(C1(c3ccccc3)CC1)C2. The third-order valence-electron chi connectivity index (χ3n) is 5.31. The Morgan fingerprint density at radius 1 is 1.26 bits per heavy atom. The van der Waals surface area contributed by atoms with Crippen molar-refractivity contribution in [2.45, 2.75) is 31.0 Å². The summed E-state index contributed by atoms with van der Waals surface area (Å²) < 4.78 is 19.7. The fourth-order valence-corrected chi connectivity index (χ4v) is 3.97. The summed E-state index contributed by atoms with van der Waals surface area (Å²) in [7, 11) is 1.57. The van der Waals surface area contributed by atoms with Crippen LogP contribution in [0.4, 0.5) is 4.39 Å². The molecular formula is C19H21FN2O. The molecule has 3 nitrogen and oxygen atoms in total. The van der Waals surface area contributed by atoms with Crippen molar-refractivity contribution in [1.82, 2.24) is 4.90 Å². The van der Waals surface area contributed by atoms with Gasteiger partial charge >= 0.3 is 0 Å². The minimum absolute atomic E-state index is 0.00396. The van der Waals surface area contributed by atoms with Crippen molar-refractivity contribution >= 4 is 0 Å². The number of hydrogen-bond donors (Lipinski definition) is 1. The molecular weight excluding hydrogens is 291 g/mol. The molecule has 120 valence electrons. The molecule has 2 N–H and O–H groups in total. The average molecular weight is 312 g/mol. The van der Waals surface area contributed by atoms with E-state index in [0.717, 1.165) is 24.0 Å². The van der Waals surface area contributed by atoms with Crippen LogP contribution in [0.1, 0.15) is 35.6 Å². The number of nitrogens with zero attached hydrogens (tertiary/aromatic N) is 1. The van der Waals surface area contributed by atoms with Crippen LogP contribution >= 0.6 is 0 Å². The Hall–Kier alpha value is -1.91. The van der Waals surface area contributed by atoms with Crippen LogP contribution in [0.25, 0.3) is 0 Å². The first-order valence-electron chi connectivity index (χ1n) is 8.08. The summed E-state index contributed by atoms with van der Waals surface area (Å²) in [5, 5.41) is 0. The fourth-order valence-electron chi connectivity index (χ4n) is 3.97. The van der Waals surface area contributed by atoms with Crippen molar-refractivity contribution in [3.63, 3.8) is 0 Å². The monoisotopic (exact) mass is 312 g/mol. The summed E-state index contributed by atoms with van der Waals surface area (Å²) in [6.45, 7) is 1.09. The molecule has 1 aliphatic heterocycles. The second kappa shape index (κ2) is 5.32. The Kier molecular flexibility index (Phi) is 3.39. The van der Waals surface area contributed by atoms with Gasteiger partial charge in [-0.05, 0) is 30.0 Å². The van der Waals surface area contributed by atoms with E-state index in [9.17, 15) is 4.39 Å². The third-order valence-corrected chi connectivity index (χ3v) is 5.31. The van der Waals surface area contributed by atoms with E-state index >= 15 is 0 Å². The quantitative estimate of drug-likeness (QED) is 0.941. The van der Waals surface area contributed by atoms with Crippen LogP contribution in [-0.2, 0) is 12.1 Å². The fraction of sp³-hybridized carbons (Fsp3) is 0.368. The zero-order valence-electron chi connectivity index (χ0n) is 13.3. The summed E-state index contributed by atoms with van der Waals surface area (Å²) in [5.41, 5.74) is 9.13. The minimum Gasteiger partial charge on any atom is -0.497 e. The van der Waals surface area contributed by atoms with Gasteiger partial charge in [0.15, 0.2) is 0 Å². The number of rotatable bonds is 4. The highest BCUT2D eigenvalue weighted by Gasteiger charge is 2.54. The van der Waals surface area contributed by atoms with Gasteiger partial charge in [-0.2, -0.15) is 0 Å². The van der Waals surface area contributed by atoms with Crippen LogP contribution in [0.15, 0.2) is 42.5 Å². The maximum absolute atomic E-state index is 14.5. The van der Waals surface area contributed by atoms with Crippen molar-refractivity contribution in [2.75, 3.05) is 13.7 Å². The molecule has 0 bridgehead atoms. The lowest BCUT2D eigenvalue weighted by Gasteiger charge is -2.33. The molecule has 4 heteroatoms. The molecule has 1 fully saturated rings. The molecule has 2 aromatic carbocycles. The molecule has 1 unspecified atom stereocenters.